The predicted molar refractivity (Wildman–Crippen MR) is 239 cm³/mol. The van der Waals surface area contributed by atoms with Crippen LogP contribution in [0.1, 0.15) is 20.8 Å². The second kappa shape index (κ2) is 27.8. The van der Waals surface area contributed by atoms with Crippen LogP contribution in [0.15, 0.2) is 0 Å². The van der Waals surface area contributed by atoms with E-state index in [-0.39, 0.29) is 6.61 Å². The van der Waals surface area contributed by atoms with Gasteiger partial charge in [0.15, 0.2) is 37.7 Å². The van der Waals surface area contributed by atoms with Gasteiger partial charge in [0.2, 0.25) is 17.7 Å². The molecule has 0 aliphatic carbocycles. The summed E-state index contributed by atoms with van der Waals surface area (Å²) in [4.78, 5) is 36.8. The number of rotatable bonds is 20. The fourth-order valence-corrected chi connectivity index (χ4v) is 9.76. The summed E-state index contributed by atoms with van der Waals surface area (Å²) in [6.45, 7) is -2.00. The van der Waals surface area contributed by atoms with Gasteiger partial charge in [0.25, 0.3) is 0 Å². The number of carbonyl (C=O) groups excluding carboxylic acids is 3. The van der Waals surface area contributed by atoms with Crippen LogP contribution in [0.2, 0.25) is 0 Å². The summed E-state index contributed by atoms with van der Waals surface area (Å²) in [7, 11) is 1.25. The molecule has 6 aliphatic heterocycles. The number of hydrogen-bond donors (Lipinski definition) is 19. The molecule has 19 N–H and O–H groups in total. The van der Waals surface area contributed by atoms with Crippen LogP contribution in [0.4, 0.5) is 0 Å². The van der Waals surface area contributed by atoms with Gasteiger partial charge in [0.1, 0.15) is 146 Å². The van der Waals surface area contributed by atoms with E-state index in [0.29, 0.717) is 0 Å². The van der Waals surface area contributed by atoms with Crippen LogP contribution < -0.4 is 16.0 Å². The zero-order valence-electron chi connectivity index (χ0n) is 41.8. The van der Waals surface area contributed by atoms with Crippen molar-refractivity contribution in [3.05, 3.63) is 0 Å². The molecule has 6 aliphatic rings. The Morgan fingerprint density at radius 1 is 0.364 bits per heavy atom. The SMILES string of the molecule is COC[C@H]1O[C@H](OC[C@H]2O[C@@H](O[C@H]3[C@H](O)[C@@H](NC(C)=O)[C@H](O[C@H]4[C@H](O)[C@@H](NC(C)=O)C(O)O[C@@H]4CO)O[C@@H]3CO)[C@@H](O)[C@@H](O[C@H]3O[C@H](CO)[C@@H](O)[C@H](O)[C@@H]3O[C@@H]3O[C@H](CO)[C@@H](O)[C@H](O)[C@H]3NC(C)=O)[C@@H]2O)[C@@H](O)[C@@H](O)[C@@H]1O. The van der Waals surface area contributed by atoms with Gasteiger partial charge in [-0.25, -0.2) is 0 Å². The smallest absolute Gasteiger partial charge is 0.217 e. The Hall–Kier alpha value is -2.71. The Morgan fingerprint density at radius 2 is 0.766 bits per heavy atom. The fourth-order valence-electron chi connectivity index (χ4n) is 9.76. The predicted octanol–water partition coefficient (Wildman–Crippen LogP) is -13.0. The van der Waals surface area contributed by atoms with Crippen molar-refractivity contribution < 1.29 is 153 Å². The molecular weight excluding hydrogens is 1050 g/mol. The van der Waals surface area contributed by atoms with Crippen molar-refractivity contribution in [1.82, 2.24) is 16.0 Å². The van der Waals surface area contributed by atoms with E-state index >= 15 is 0 Å². The van der Waals surface area contributed by atoms with E-state index < -0.39 is 235 Å². The lowest BCUT2D eigenvalue weighted by atomic mass is 9.94. The molecule has 0 saturated carbocycles. The number of hydrogen-bond acceptors (Lipinski definition) is 31. The molecule has 0 radical (unpaired) electrons. The number of amides is 3. The van der Waals surface area contributed by atoms with Gasteiger partial charge in [-0.05, 0) is 0 Å². The van der Waals surface area contributed by atoms with Crippen LogP contribution >= 0.6 is 0 Å². The lowest BCUT2D eigenvalue weighted by Crippen LogP contribution is -2.70. The molecule has 6 fully saturated rings. The molecular formula is C43H73N3O31. The number of ether oxygens (including phenoxy) is 12. The normalized spacial score (nSPS) is 47.7. The van der Waals surface area contributed by atoms with Crippen molar-refractivity contribution in [1.29, 1.82) is 0 Å². The van der Waals surface area contributed by atoms with Crippen LogP contribution in [0.5, 0.6) is 0 Å². The molecule has 446 valence electrons. The number of nitrogens with one attached hydrogen (secondary N) is 3. The summed E-state index contributed by atoms with van der Waals surface area (Å²) in [6.07, 6.45) is -51.2. The quantitative estimate of drug-likeness (QED) is 0.0538. The minimum absolute atomic E-state index is 0.315. The van der Waals surface area contributed by atoms with E-state index in [1.807, 2.05) is 0 Å². The van der Waals surface area contributed by atoms with Crippen LogP contribution in [-0.2, 0) is 71.2 Å². The molecule has 3 amide bonds. The van der Waals surface area contributed by atoms with Crippen LogP contribution in [0.3, 0.4) is 0 Å². The summed E-state index contributed by atoms with van der Waals surface area (Å²) in [5.74, 6) is -2.35. The first kappa shape index (κ1) is 63.5. The van der Waals surface area contributed by atoms with Gasteiger partial charge in [-0.1, -0.05) is 0 Å². The van der Waals surface area contributed by atoms with Gasteiger partial charge < -0.3 is 154 Å². The highest BCUT2D eigenvalue weighted by Crippen LogP contribution is 2.37. The lowest BCUT2D eigenvalue weighted by molar-refractivity contribution is -0.394. The van der Waals surface area contributed by atoms with Gasteiger partial charge in [-0.2, -0.15) is 0 Å². The van der Waals surface area contributed by atoms with Crippen LogP contribution in [0, 0.1) is 0 Å². The third-order valence-corrected chi connectivity index (χ3v) is 13.8. The van der Waals surface area contributed by atoms with E-state index in [4.69, 9.17) is 56.8 Å². The molecule has 6 heterocycles. The van der Waals surface area contributed by atoms with Crippen molar-refractivity contribution in [3.63, 3.8) is 0 Å². The highest BCUT2D eigenvalue weighted by Gasteiger charge is 2.58. The van der Waals surface area contributed by atoms with E-state index in [0.717, 1.165) is 20.8 Å². The summed E-state index contributed by atoms with van der Waals surface area (Å²) in [5, 5.41) is 182. The van der Waals surface area contributed by atoms with Gasteiger partial charge in [0.05, 0.1) is 39.6 Å². The van der Waals surface area contributed by atoms with Crippen LogP contribution in [-0.4, -0.2) is 330 Å². The van der Waals surface area contributed by atoms with Crippen molar-refractivity contribution in [3.8, 4) is 0 Å². The Balaban J connectivity index is 1.33. The average molecular weight is 1130 g/mol. The maximum Gasteiger partial charge on any atom is 0.217 e. The van der Waals surface area contributed by atoms with E-state index in [2.05, 4.69) is 16.0 Å². The maximum atomic E-state index is 12.7. The number of aliphatic hydroxyl groups is 16. The molecule has 77 heavy (non-hydrogen) atoms. The van der Waals surface area contributed by atoms with Crippen molar-refractivity contribution >= 4 is 17.7 Å². The van der Waals surface area contributed by atoms with E-state index in [1.165, 1.54) is 7.11 Å². The molecule has 0 aromatic carbocycles. The van der Waals surface area contributed by atoms with Crippen molar-refractivity contribution in [2.75, 3.05) is 46.8 Å². The maximum absolute atomic E-state index is 12.7. The van der Waals surface area contributed by atoms with E-state index in [9.17, 15) is 96.1 Å². The number of methoxy groups -OCH3 is 1. The molecule has 0 bridgehead atoms. The molecule has 30 atom stereocenters. The number of aliphatic hydroxyl groups excluding tert-OH is 16. The zero-order valence-corrected chi connectivity index (χ0v) is 41.8. The lowest BCUT2D eigenvalue weighted by Gasteiger charge is -2.51. The van der Waals surface area contributed by atoms with Crippen molar-refractivity contribution in [2.24, 2.45) is 0 Å². The van der Waals surface area contributed by atoms with Crippen LogP contribution in [0.25, 0.3) is 0 Å². The zero-order chi connectivity index (χ0) is 56.9. The Kier molecular flexibility index (Phi) is 22.9. The summed E-state index contributed by atoms with van der Waals surface area (Å²) in [6, 6.07) is -4.97. The Labute approximate surface area is 437 Å². The summed E-state index contributed by atoms with van der Waals surface area (Å²) >= 11 is 0. The third kappa shape index (κ3) is 14.3. The van der Waals surface area contributed by atoms with Gasteiger partial charge in [0, 0.05) is 27.9 Å². The monoisotopic (exact) mass is 1130 g/mol. The minimum Gasteiger partial charge on any atom is -0.394 e. The molecule has 34 heteroatoms. The molecule has 6 rings (SSSR count). The minimum atomic E-state index is -2.33. The number of carbonyl (C=O) groups is 3. The second-order valence-electron chi connectivity index (χ2n) is 19.3. The molecule has 34 nitrogen and oxygen atoms in total. The fraction of sp³-hybridized carbons (Fsp3) is 0.930. The standard InChI is InChI=1S/C43H73N3O31/c1-11(51)44-20-28(59)34(16(7-49)68-38(20)65)74-40-22(46-13(3)53)29(60)35(17(8-50)71-40)75-42-33(64)36(26(57)19(73-42)10-67-41-32(63)30(61)25(56)18(72-41)9-66-4)76-43-37(31(62)24(55)15(6-48)70-43)77-39-21(45-12(2)52)27(58)23(54)14(5-47)69-39/h14-43,47-50,54-65H,5-10H2,1-4H3,(H,44,51)(H,45,52)(H,46,53)/t14-,15-,16-,17-,18-,19-,20-,21-,22-,23-,24-,25-,26-,27-,28-,29-,30+,31+,32+,33+,34-,35-,36+,37+,38?,39+,40+,41+,42+,43-/m1/s1. The topological polar surface area (TPSA) is 522 Å². The largest absolute Gasteiger partial charge is 0.394 e. The summed E-state index contributed by atoms with van der Waals surface area (Å²) < 4.78 is 69.2. The van der Waals surface area contributed by atoms with Gasteiger partial charge in [-0.3, -0.25) is 14.4 Å². The van der Waals surface area contributed by atoms with Gasteiger partial charge >= 0.3 is 0 Å². The first-order valence-electron chi connectivity index (χ1n) is 24.5. The third-order valence-electron chi connectivity index (χ3n) is 13.8. The first-order chi connectivity index (χ1) is 36.4. The average Bonchev–Trinajstić information content (AvgIpc) is 3.38. The van der Waals surface area contributed by atoms with Gasteiger partial charge in [-0.15, -0.1) is 0 Å². The molecule has 6 saturated heterocycles. The first-order valence-corrected chi connectivity index (χ1v) is 24.5. The highest BCUT2D eigenvalue weighted by molar-refractivity contribution is 5.74. The molecule has 0 aromatic rings. The Morgan fingerprint density at radius 3 is 1.31 bits per heavy atom. The Bertz CT molecular complexity index is 1890. The molecule has 0 aromatic heterocycles. The highest BCUT2D eigenvalue weighted by atomic mass is 16.8. The molecule has 1 unspecified atom stereocenters. The van der Waals surface area contributed by atoms with E-state index in [1.54, 1.807) is 0 Å². The second-order valence-corrected chi connectivity index (χ2v) is 19.3. The van der Waals surface area contributed by atoms with Crippen molar-refractivity contribution in [2.45, 2.75) is 205 Å². The summed E-state index contributed by atoms with van der Waals surface area (Å²) in [5.41, 5.74) is 0. The molecule has 0 spiro atoms.